The summed E-state index contributed by atoms with van der Waals surface area (Å²) >= 11 is 12.3. The summed E-state index contributed by atoms with van der Waals surface area (Å²) < 4.78 is 2.08. The Morgan fingerprint density at radius 2 is 2.10 bits per heavy atom. The second-order valence-electron chi connectivity index (χ2n) is 4.57. The molecular weight excluding hydrogens is 293 g/mol. The third kappa shape index (κ3) is 2.17. The number of nitrogens with zero attached hydrogens (tertiary/aromatic N) is 3. The topological polar surface area (TPSA) is 30.7 Å². The van der Waals surface area contributed by atoms with Crippen molar-refractivity contribution >= 4 is 34.2 Å². The number of pyridine rings is 1. The summed E-state index contributed by atoms with van der Waals surface area (Å²) in [6.07, 6.45) is 4.20. The molecule has 5 heteroatoms. The molecule has 0 unspecified atom stereocenters. The molecule has 3 rings (SSSR count). The molecule has 0 fully saturated rings. The summed E-state index contributed by atoms with van der Waals surface area (Å²) in [6.45, 7) is 2.04. The maximum Gasteiger partial charge on any atom is 0.115 e. The number of aryl methyl sites for hydroxylation is 2. The van der Waals surface area contributed by atoms with E-state index in [2.05, 4.69) is 14.5 Å². The van der Waals surface area contributed by atoms with Gasteiger partial charge in [-0.25, -0.2) is 4.98 Å². The number of fused-ring (bicyclic) bond motifs is 1. The molecule has 0 aliphatic heterocycles. The third-order valence-corrected chi connectivity index (χ3v) is 3.75. The minimum atomic E-state index is 0.514. The average molecular weight is 306 g/mol. The van der Waals surface area contributed by atoms with E-state index in [1.54, 1.807) is 12.4 Å². The highest BCUT2D eigenvalue weighted by Crippen LogP contribution is 2.29. The summed E-state index contributed by atoms with van der Waals surface area (Å²) in [7, 11) is 0. The van der Waals surface area contributed by atoms with E-state index in [4.69, 9.17) is 23.2 Å². The molecule has 2 heterocycles. The molecule has 0 amide bonds. The standard InChI is InChI=1S/C15H13Cl2N3/c1-10-3-2-4-11(17)15(10)20-13-6-8-18-9-12(13)19-14(20)5-7-16/h2-4,6,8-9H,5,7H2,1H3. The van der Waals surface area contributed by atoms with Crippen molar-refractivity contribution < 1.29 is 0 Å². The van der Waals surface area contributed by atoms with Crippen molar-refractivity contribution in [1.82, 2.24) is 14.5 Å². The highest BCUT2D eigenvalue weighted by atomic mass is 35.5. The lowest BCUT2D eigenvalue weighted by molar-refractivity contribution is 0.907. The van der Waals surface area contributed by atoms with E-state index in [9.17, 15) is 0 Å². The van der Waals surface area contributed by atoms with Gasteiger partial charge in [0.15, 0.2) is 0 Å². The van der Waals surface area contributed by atoms with Gasteiger partial charge >= 0.3 is 0 Å². The van der Waals surface area contributed by atoms with Gasteiger partial charge in [-0.3, -0.25) is 9.55 Å². The van der Waals surface area contributed by atoms with Gasteiger partial charge in [-0.05, 0) is 24.6 Å². The summed E-state index contributed by atoms with van der Waals surface area (Å²) in [5, 5.41) is 0.705. The normalized spacial score (nSPS) is 11.2. The van der Waals surface area contributed by atoms with Gasteiger partial charge in [-0.2, -0.15) is 0 Å². The molecule has 0 bridgehead atoms. The Bertz CT molecular complexity index is 745. The number of hydrogen-bond acceptors (Lipinski definition) is 2. The Kier molecular flexibility index (Phi) is 3.64. The molecule has 0 saturated heterocycles. The first-order chi connectivity index (χ1) is 9.72. The molecule has 20 heavy (non-hydrogen) atoms. The number of alkyl halides is 1. The second kappa shape index (κ2) is 5.43. The van der Waals surface area contributed by atoms with Crippen molar-refractivity contribution in [3.8, 4) is 5.69 Å². The predicted molar refractivity (Wildman–Crippen MR) is 83.0 cm³/mol. The predicted octanol–water partition coefficient (Wildman–Crippen LogP) is 4.16. The Morgan fingerprint density at radius 1 is 1.25 bits per heavy atom. The van der Waals surface area contributed by atoms with Crippen LogP contribution in [0.2, 0.25) is 5.02 Å². The first kappa shape index (κ1) is 13.4. The second-order valence-corrected chi connectivity index (χ2v) is 5.36. The van der Waals surface area contributed by atoms with E-state index in [1.807, 2.05) is 31.2 Å². The Balaban J connectivity index is 2.36. The molecule has 0 aliphatic carbocycles. The van der Waals surface area contributed by atoms with Gasteiger partial charge in [-0.15, -0.1) is 11.6 Å². The lowest BCUT2D eigenvalue weighted by atomic mass is 10.2. The van der Waals surface area contributed by atoms with Gasteiger partial charge in [0.05, 0.1) is 22.4 Å². The summed E-state index contributed by atoms with van der Waals surface area (Å²) in [5.74, 6) is 1.42. The number of imidazole rings is 1. The average Bonchev–Trinajstić information content (AvgIpc) is 2.78. The monoisotopic (exact) mass is 305 g/mol. The molecule has 1 aromatic carbocycles. The van der Waals surface area contributed by atoms with Crippen LogP contribution in [0, 0.1) is 6.92 Å². The molecule has 0 aliphatic rings. The molecule has 0 radical (unpaired) electrons. The minimum absolute atomic E-state index is 0.514. The maximum atomic E-state index is 6.40. The van der Waals surface area contributed by atoms with E-state index in [-0.39, 0.29) is 0 Å². The van der Waals surface area contributed by atoms with Gasteiger partial charge in [0.1, 0.15) is 11.3 Å². The van der Waals surface area contributed by atoms with Crippen LogP contribution in [0.3, 0.4) is 0 Å². The summed E-state index contributed by atoms with van der Waals surface area (Å²) in [5.41, 5.74) is 3.91. The number of benzene rings is 1. The molecule has 2 aromatic heterocycles. The van der Waals surface area contributed by atoms with E-state index < -0.39 is 0 Å². The van der Waals surface area contributed by atoms with Gasteiger partial charge in [0, 0.05) is 18.5 Å². The fraction of sp³-hybridized carbons (Fsp3) is 0.200. The lowest BCUT2D eigenvalue weighted by Gasteiger charge is -2.13. The number of aromatic nitrogens is 3. The highest BCUT2D eigenvalue weighted by Gasteiger charge is 2.15. The van der Waals surface area contributed by atoms with Gasteiger partial charge < -0.3 is 0 Å². The third-order valence-electron chi connectivity index (χ3n) is 3.26. The number of rotatable bonds is 3. The van der Waals surface area contributed by atoms with Gasteiger partial charge in [-0.1, -0.05) is 23.7 Å². The molecule has 0 saturated carbocycles. The zero-order valence-corrected chi connectivity index (χ0v) is 12.5. The Hall–Kier alpha value is -1.58. The molecule has 0 atom stereocenters. The van der Waals surface area contributed by atoms with Crippen molar-refractivity contribution in [2.75, 3.05) is 5.88 Å². The molecule has 0 spiro atoms. The van der Waals surface area contributed by atoms with Crippen molar-refractivity contribution in [3.05, 3.63) is 53.1 Å². The van der Waals surface area contributed by atoms with Crippen LogP contribution in [0.25, 0.3) is 16.7 Å². The van der Waals surface area contributed by atoms with Crippen LogP contribution in [0.4, 0.5) is 0 Å². The molecule has 102 valence electrons. The molecule has 3 nitrogen and oxygen atoms in total. The number of para-hydroxylation sites is 1. The molecular formula is C15H13Cl2N3. The van der Waals surface area contributed by atoms with Crippen molar-refractivity contribution in [2.24, 2.45) is 0 Å². The van der Waals surface area contributed by atoms with Crippen molar-refractivity contribution in [3.63, 3.8) is 0 Å². The van der Waals surface area contributed by atoms with Crippen LogP contribution in [-0.2, 0) is 6.42 Å². The Morgan fingerprint density at radius 3 is 2.85 bits per heavy atom. The smallest absolute Gasteiger partial charge is 0.115 e. The SMILES string of the molecule is Cc1cccc(Cl)c1-n1c(CCCl)nc2cnccc21. The highest BCUT2D eigenvalue weighted by molar-refractivity contribution is 6.32. The Labute approximate surface area is 127 Å². The zero-order chi connectivity index (χ0) is 14.1. The van der Waals surface area contributed by atoms with E-state index in [1.165, 1.54) is 0 Å². The lowest BCUT2D eigenvalue weighted by Crippen LogP contribution is -2.04. The van der Waals surface area contributed by atoms with Crippen LogP contribution in [0.1, 0.15) is 11.4 Å². The van der Waals surface area contributed by atoms with Crippen LogP contribution in [0.15, 0.2) is 36.7 Å². The van der Waals surface area contributed by atoms with E-state index >= 15 is 0 Å². The van der Waals surface area contributed by atoms with Crippen molar-refractivity contribution in [2.45, 2.75) is 13.3 Å². The van der Waals surface area contributed by atoms with E-state index in [0.717, 1.165) is 28.1 Å². The fourth-order valence-electron chi connectivity index (χ4n) is 2.39. The van der Waals surface area contributed by atoms with Crippen LogP contribution >= 0.6 is 23.2 Å². The summed E-state index contributed by atoms with van der Waals surface area (Å²) in [4.78, 5) is 8.74. The maximum absolute atomic E-state index is 6.40. The molecule has 0 N–H and O–H groups in total. The largest absolute Gasteiger partial charge is 0.294 e. The van der Waals surface area contributed by atoms with E-state index in [0.29, 0.717) is 17.3 Å². The minimum Gasteiger partial charge on any atom is -0.294 e. The first-order valence-corrected chi connectivity index (χ1v) is 7.26. The van der Waals surface area contributed by atoms with Gasteiger partial charge in [0.2, 0.25) is 0 Å². The summed E-state index contributed by atoms with van der Waals surface area (Å²) in [6, 6.07) is 7.83. The van der Waals surface area contributed by atoms with Crippen LogP contribution < -0.4 is 0 Å². The van der Waals surface area contributed by atoms with Crippen LogP contribution in [-0.4, -0.2) is 20.4 Å². The van der Waals surface area contributed by atoms with Gasteiger partial charge in [0.25, 0.3) is 0 Å². The number of halogens is 2. The quantitative estimate of drug-likeness (QED) is 0.680. The fourth-order valence-corrected chi connectivity index (χ4v) is 2.87. The first-order valence-electron chi connectivity index (χ1n) is 6.35. The van der Waals surface area contributed by atoms with Crippen molar-refractivity contribution in [1.29, 1.82) is 0 Å². The molecule has 3 aromatic rings. The van der Waals surface area contributed by atoms with Crippen LogP contribution in [0.5, 0.6) is 0 Å². The zero-order valence-electron chi connectivity index (χ0n) is 11.0. The number of hydrogen-bond donors (Lipinski definition) is 0.